The van der Waals surface area contributed by atoms with E-state index in [9.17, 15) is 14.4 Å². The van der Waals surface area contributed by atoms with Gasteiger partial charge in [-0.15, -0.1) is 12.4 Å². The highest BCUT2D eigenvalue weighted by Crippen LogP contribution is 2.17. The van der Waals surface area contributed by atoms with Crippen molar-refractivity contribution in [2.75, 3.05) is 18.9 Å². The summed E-state index contributed by atoms with van der Waals surface area (Å²) in [5, 5.41) is 5.70. The number of likely N-dealkylation sites (tertiary alicyclic amines) is 1. The number of hydrogen-bond acceptors (Lipinski definition) is 4. The number of anilines is 1. The van der Waals surface area contributed by atoms with Gasteiger partial charge in [-0.2, -0.15) is 0 Å². The molecule has 7 heteroatoms. The number of nitrogens with zero attached hydrogens (tertiary/aromatic N) is 1. The summed E-state index contributed by atoms with van der Waals surface area (Å²) in [6, 6.07) is 7.17. The molecule has 0 unspecified atom stereocenters. The molecule has 1 aliphatic heterocycles. The van der Waals surface area contributed by atoms with Gasteiger partial charge in [0, 0.05) is 31.5 Å². The van der Waals surface area contributed by atoms with Gasteiger partial charge in [0.2, 0.25) is 17.7 Å². The molecule has 3 amide bonds. The molecule has 1 aliphatic rings. The smallest absolute Gasteiger partial charge is 0.229 e. The van der Waals surface area contributed by atoms with Gasteiger partial charge in [-0.05, 0) is 24.7 Å². The van der Waals surface area contributed by atoms with Crippen LogP contribution in [-0.2, 0) is 20.9 Å². The Kier molecular flexibility index (Phi) is 7.01. The first-order chi connectivity index (χ1) is 10.1. The van der Waals surface area contributed by atoms with Gasteiger partial charge in [0.1, 0.15) is 0 Å². The van der Waals surface area contributed by atoms with Gasteiger partial charge in [0.05, 0.1) is 6.54 Å². The molecule has 1 fully saturated rings. The molecule has 1 heterocycles. The number of benzene rings is 1. The molecule has 0 radical (unpaired) electrons. The van der Waals surface area contributed by atoms with Gasteiger partial charge in [-0.25, -0.2) is 0 Å². The predicted octanol–water partition coefficient (Wildman–Crippen LogP) is 1.31. The summed E-state index contributed by atoms with van der Waals surface area (Å²) in [6.45, 7) is 0.925. The molecule has 1 aromatic rings. The SMILES string of the molecule is CNCCC(=O)Nc1ccc(CN2C(=O)CCC2=O)cc1.Cl. The van der Waals surface area contributed by atoms with Crippen molar-refractivity contribution in [3.63, 3.8) is 0 Å². The average Bonchev–Trinajstić information content (AvgIpc) is 2.79. The Morgan fingerprint density at radius 3 is 2.27 bits per heavy atom. The lowest BCUT2D eigenvalue weighted by Gasteiger charge is -2.14. The van der Waals surface area contributed by atoms with Gasteiger partial charge in [0.25, 0.3) is 0 Å². The maximum absolute atomic E-state index is 11.6. The monoisotopic (exact) mass is 325 g/mol. The number of halogens is 1. The van der Waals surface area contributed by atoms with E-state index in [1.54, 1.807) is 19.2 Å². The molecule has 120 valence electrons. The van der Waals surface area contributed by atoms with E-state index >= 15 is 0 Å². The first-order valence-electron chi connectivity index (χ1n) is 6.96. The number of hydrogen-bond donors (Lipinski definition) is 2. The normalized spacial score (nSPS) is 14.0. The Hall–Kier alpha value is -1.92. The summed E-state index contributed by atoms with van der Waals surface area (Å²) in [4.78, 5) is 35.9. The Labute approximate surface area is 135 Å². The highest BCUT2D eigenvalue weighted by atomic mass is 35.5. The first-order valence-corrected chi connectivity index (χ1v) is 6.96. The number of nitrogens with one attached hydrogen (secondary N) is 2. The molecule has 2 N–H and O–H groups in total. The van der Waals surface area contributed by atoms with Crippen LogP contribution in [0.4, 0.5) is 5.69 Å². The number of rotatable bonds is 6. The lowest BCUT2D eigenvalue weighted by atomic mass is 10.2. The van der Waals surface area contributed by atoms with Gasteiger partial charge in [-0.1, -0.05) is 12.1 Å². The summed E-state index contributed by atoms with van der Waals surface area (Å²) < 4.78 is 0. The van der Waals surface area contributed by atoms with Crippen LogP contribution >= 0.6 is 12.4 Å². The maximum atomic E-state index is 11.6. The van der Waals surface area contributed by atoms with Gasteiger partial charge >= 0.3 is 0 Å². The van der Waals surface area contributed by atoms with Crippen LogP contribution in [0.1, 0.15) is 24.8 Å². The van der Waals surface area contributed by atoms with Crippen molar-refractivity contribution < 1.29 is 14.4 Å². The molecule has 0 atom stereocenters. The molecule has 22 heavy (non-hydrogen) atoms. The third kappa shape index (κ3) is 4.82. The average molecular weight is 326 g/mol. The highest BCUT2D eigenvalue weighted by Gasteiger charge is 2.28. The van der Waals surface area contributed by atoms with Crippen LogP contribution in [0.25, 0.3) is 0 Å². The molecule has 1 aromatic carbocycles. The summed E-state index contributed by atoms with van der Waals surface area (Å²) in [5.74, 6) is -0.295. The first kappa shape index (κ1) is 18.1. The second kappa shape index (κ2) is 8.51. The fourth-order valence-corrected chi connectivity index (χ4v) is 2.14. The van der Waals surface area contributed by atoms with E-state index in [2.05, 4.69) is 10.6 Å². The van der Waals surface area contributed by atoms with Crippen LogP contribution in [-0.4, -0.2) is 36.2 Å². The summed E-state index contributed by atoms with van der Waals surface area (Å²) in [6.07, 6.45) is 1.02. The Balaban J connectivity index is 0.00000242. The summed E-state index contributed by atoms with van der Waals surface area (Å²) in [5.41, 5.74) is 1.57. The molecule has 6 nitrogen and oxygen atoms in total. The zero-order chi connectivity index (χ0) is 15.2. The minimum absolute atomic E-state index is 0. The summed E-state index contributed by atoms with van der Waals surface area (Å²) in [7, 11) is 1.79. The minimum atomic E-state index is -0.121. The molecule has 0 saturated carbocycles. The van der Waals surface area contributed by atoms with Crippen LogP contribution < -0.4 is 10.6 Å². The largest absolute Gasteiger partial charge is 0.326 e. The van der Waals surface area contributed by atoms with E-state index in [-0.39, 0.29) is 30.1 Å². The van der Waals surface area contributed by atoms with Crippen molar-refractivity contribution in [1.29, 1.82) is 0 Å². The van der Waals surface area contributed by atoms with E-state index in [0.717, 1.165) is 5.56 Å². The van der Waals surface area contributed by atoms with Crippen LogP contribution in [0, 0.1) is 0 Å². The van der Waals surface area contributed by atoms with E-state index in [1.165, 1.54) is 4.90 Å². The molecule has 0 spiro atoms. The van der Waals surface area contributed by atoms with Gasteiger partial charge in [0.15, 0.2) is 0 Å². The lowest BCUT2D eigenvalue weighted by Crippen LogP contribution is -2.28. The van der Waals surface area contributed by atoms with Crippen LogP contribution in [0.15, 0.2) is 24.3 Å². The van der Waals surface area contributed by atoms with E-state index in [1.807, 2.05) is 12.1 Å². The van der Waals surface area contributed by atoms with Crippen LogP contribution in [0.3, 0.4) is 0 Å². The molecule has 0 aromatic heterocycles. The van der Waals surface area contributed by atoms with Crippen molar-refractivity contribution in [2.45, 2.75) is 25.8 Å². The topological polar surface area (TPSA) is 78.5 Å². The van der Waals surface area contributed by atoms with Gasteiger partial charge < -0.3 is 10.6 Å². The Bertz CT molecular complexity index is 529. The van der Waals surface area contributed by atoms with Crippen molar-refractivity contribution in [3.8, 4) is 0 Å². The highest BCUT2D eigenvalue weighted by molar-refractivity contribution is 6.01. The Morgan fingerprint density at radius 1 is 1.14 bits per heavy atom. The summed E-state index contributed by atoms with van der Waals surface area (Å²) >= 11 is 0. The zero-order valence-electron chi connectivity index (χ0n) is 12.4. The zero-order valence-corrected chi connectivity index (χ0v) is 13.2. The standard InChI is InChI=1S/C15H19N3O3.ClH/c1-16-9-8-13(19)17-12-4-2-11(3-5-12)10-18-14(20)6-7-15(18)21;/h2-5,16H,6-10H2,1H3,(H,17,19);1H. The van der Waals surface area contributed by atoms with Crippen molar-refractivity contribution in [1.82, 2.24) is 10.2 Å². The molecule has 2 rings (SSSR count). The predicted molar refractivity (Wildman–Crippen MR) is 85.7 cm³/mol. The molecule has 1 saturated heterocycles. The number of amides is 3. The third-order valence-electron chi connectivity index (χ3n) is 3.34. The van der Waals surface area contributed by atoms with E-state index in [0.29, 0.717) is 38.0 Å². The Morgan fingerprint density at radius 2 is 1.73 bits per heavy atom. The molecular formula is C15H20ClN3O3. The quantitative estimate of drug-likeness (QED) is 0.773. The van der Waals surface area contributed by atoms with Gasteiger partial charge in [-0.3, -0.25) is 19.3 Å². The second-order valence-corrected chi connectivity index (χ2v) is 4.97. The molecule has 0 aliphatic carbocycles. The van der Waals surface area contributed by atoms with E-state index in [4.69, 9.17) is 0 Å². The van der Waals surface area contributed by atoms with Crippen molar-refractivity contribution >= 4 is 35.8 Å². The number of carbonyl (C=O) groups excluding carboxylic acids is 3. The third-order valence-corrected chi connectivity index (χ3v) is 3.34. The maximum Gasteiger partial charge on any atom is 0.229 e. The van der Waals surface area contributed by atoms with Crippen molar-refractivity contribution in [2.24, 2.45) is 0 Å². The fraction of sp³-hybridized carbons (Fsp3) is 0.400. The van der Waals surface area contributed by atoms with Crippen LogP contribution in [0.2, 0.25) is 0 Å². The van der Waals surface area contributed by atoms with Crippen molar-refractivity contribution in [3.05, 3.63) is 29.8 Å². The lowest BCUT2D eigenvalue weighted by molar-refractivity contribution is -0.139. The fourth-order valence-electron chi connectivity index (χ4n) is 2.14. The minimum Gasteiger partial charge on any atom is -0.326 e. The molecule has 0 bridgehead atoms. The number of imide groups is 1. The molecular weight excluding hydrogens is 306 g/mol. The van der Waals surface area contributed by atoms with Crippen LogP contribution in [0.5, 0.6) is 0 Å². The van der Waals surface area contributed by atoms with E-state index < -0.39 is 0 Å². The second-order valence-electron chi connectivity index (χ2n) is 4.97. The number of carbonyl (C=O) groups is 3.